The van der Waals surface area contributed by atoms with E-state index < -0.39 is 6.10 Å². The molecular weight excluding hydrogens is 242 g/mol. The average molecular weight is 269 g/mol. The van der Waals surface area contributed by atoms with Gasteiger partial charge in [-0.2, -0.15) is 0 Å². The first-order chi connectivity index (χ1) is 9.18. The highest BCUT2D eigenvalue weighted by Crippen LogP contribution is 2.03. The zero-order valence-electron chi connectivity index (χ0n) is 12.1. The molecule has 1 unspecified atom stereocenters. The molecule has 0 saturated heterocycles. The van der Waals surface area contributed by atoms with Gasteiger partial charge < -0.3 is 19.7 Å². The zero-order valence-corrected chi connectivity index (χ0v) is 12.1. The number of hydrogen-bond acceptors (Lipinski definition) is 4. The molecule has 0 radical (unpaired) electrons. The molecule has 0 aliphatic heterocycles. The second kappa shape index (κ2) is 9.95. The van der Waals surface area contributed by atoms with Crippen LogP contribution in [0.1, 0.15) is 26.7 Å². The molecule has 0 aliphatic carbocycles. The molecule has 1 rings (SSSR count). The van der Waals surface area contributed by atoms with E-state index in [1.165, 1.54) is 6.42 Å². The molecule has 5 nitrogen and oxygen atoms in total. The molecular formula is C14H27N3O2. The van der Waals surface area contributed by atoms with Crippen LogP contribution in [0.2, 0.25) is 0 Å². The molecule has 1 aromatic rings. The van der Waals surface area contributed by atoms with Gasteiger partial charge in [0.15, 0.2) is 0 Å². The van der Waals surface area contributed by atoms with Crippen LogP contribution in [0, 0.1) is 5.92 Å². The molecule has 0 aliphatic rings. The van der Waals surface area contributed by atoms with Crippen molar-refractivity contribution >= 4 is 0 Å². The predicted octanol–water partition coefficient (Wildman–Crippen LogP) is 1.29. The molecule has 0 bridgehead atoms. The van der Waals surface area contributed by atoms with E-state index in [9.17, 15) is 5.11 Å². The highest BCUT2D eigenvalue weighted by Gasteiger charge is 2.03. The zero-order chi connectivity index (χ0) is 13.9. The van der Waals surface area contributed by atoms with Crippen molar-refractivity contribution in [1.82, 2.24) is 14.9 Å². The second-order valence-corrected chi connectivity index (χ2v) is 5.27. The van der Waals surface area contributed by atoms with E-state index in [1.807, 2.05) is 10.8 Å². The van der Waals surface area contributed by atoms with E-state index in [0.29, 0.717) is 13.2 Å². The van der Waals surface area contributed by atoms with E-state index in [-0.39, 0.29) is 0 Å². The first-order valence-electron chi connectivity index (χ1n) is 7.10. The molecule has 5 heteroatoms. The lowest BCUT2D eigenvalue weighted by molar-refractivity contribution is 0.0348. The van der Waals surface area contributed by atoms with Crippen LogP contribution < -0.4 is 5.32 Å². The van der Waals surface area contributed by atoms with Crippen molar-refractivity contribution in [1.29, 1.82) is 0 Å². The summed E-state index contributed by atoms with van der Waals surface area (Å²) < 4.78 is 7.45. The molecule has 110 valence electrons. The molecule has 2 N–H and O–H groups in total. The van der Waals surface area contributed by atoms with Crippen LogP contribution in [0.4, 0.5) is 0 Å². The maximum absolute atomic E-state index is 9.71. The minimum absolute atomic E-state index is 0.413. The van der Waals surface area contributed by atoms with Gasteiger partial charge in [0.25, 0.3) is 0 Å². The molecule has 0 fully saturated rings. The monoisotopic (exact) mass is 269 g/mol. The first-order valence-corrected chi connectivity index (χ1v) is 7.10. The van der Waals surface area contributed by atoms with Gasteiger partial charge in [-0.1, -0.05) is 13.8 Å². The molecule has 0 spiro atoms. The number of nitrogens with zero attached hydrogens (tertiary/aromatic N) is 2. The van der Waals surface area contributed by atoms with Crippen molar-refractivity contribution in [2.45, 2.75) is 39.3 Å². The van der Waals surface area contributed by atoms with Crippen molar-refractivity contribution < 1.29 is 9.84 Å². The van der Waals surface area contributed by atoms with Crippen molar-refractivity contribution in [3.8, 4) is 0 Å². The molecule has 0 saturated carbocycles. The Morgan fingerprint density at radius 1 is 1.42 bits per heavy atom. The van der Waals surface area contributed by atoms with Crippen LogP contribution in [-0.4, -0.2) is 47.1 Å². The second-order valence-electron chi connectivity index (χ2n) is 5.27. The van der Waals surface area contributed by atoms with E-state index >= 15 is 0 Å². The summed E-state index contributed by atoms with van der Waals surface area (Å²) >= 11 is 0. The Morgan fingerprint density at radius 2 is 2.26 bits per heavy atom. The SMILES string of the molecule is CC(C)CCCOCC(O)CNCCn1ccnc1. The van der Waals surface area contributed by atoms with Gasteiger partial charge in [-0.25, -0.2) is 4.98 Å². The van der Waals surface area contributed by atoms with Crippen molar-refractivity contribution in [2.24, 2.45) is 5.92 Å². The Hall–Kier alpha value is -0.910. The van der Waals surface area contributed by atoms with Crippen LogP contribution in [0.25, 0.3) is 0 Å². The van der Waals surface area contributed by atoms with Crippen LogP contribution in [0.3, 0.4) is 0 Å². The summed E-state index contributed by atoms with van der Waals surface area (Å²) in [7, 11) is 0. The Kier molecular flexibility index (Phi) is 8.45. The van der Waals surface area contributed by atoms with Gasteiger partial charge in [-0.15, -0.1) is 0 Å². The maximum atomic E-state index is 9.71. The number of nitrogens with one attached hydrogen (secondary N) is 1. The number of ether oxygens (including phenoxy) is 1. The number of imidazole rings is 1. The maximum Gasteiger partial charge on any atom is 0.0946 e. The molecule has 0 amide bonds. The minimum Gasteiger partial charge on any atom is -0.389 e. The molecule has 1 atom stereocenters. The quantitative estimate of drug-likeness (QED) is 0.594. The summed E-state index contributed by atoms with van der Waals surface area (Å²) in [5.41, 5.74) is 0. The van der Waals surface area contributed by atoms with E-state index in [2.05, 4.69) is 24.1 Å². The predicted molar refractivity (Wildman–Crippen MR) is 76.0 cm³/mol. The summed E-state index contributed by atoms with van der Waals surface area (Å²) in [6.45, 7) is 7.82. The van der Waals surface area contributed by atoms with E-state index in [0.717, 1.165) is 32.0 Å². The fraction of sp³-hybridized carbons (Fsp3) is 0.786. The number of aliphatic hydroxyl groups excluding tert-OH is 1. The minimum atomic E-state index is -0.429. The van der Waals surface area contributed by atoms with Gasteiger partial charge >= 0.3 is 0 Å². The van der Waals surface area contributed by atoms with Gasteiger partial charge in [0.05, 0.1) is 19.0 Å². The molecule has 1 aromatic heterocycles. The van der Waals surface area contributed by atoms with E-state index in [1.54, 1.807) is 12.5 Å². The summed E-state index contributed by atoms with van der Waals surface area (Å²) in [6.07, 6.45) is 7.30. The third-order valence-corrected chi connectivity index (χ3v) is 2.87. The lowest BCUT2D eigenvalue weighted by Crippen LogP contribution is -2.32. The van der Waals surface area contributed by atoms with Gasteiger partial charge in [-0.05, 0) is 18.8 Å². The summed E-state index contributed by atoms with van der Waals surface area (Å²) in [5, 5.41) is 12.9. The standard InChI is InChI=1S/C14H27N3O2/c1-13(2)4-3-9-19-11-14(18)10-15-5-7-17-8-6-16-12-17/h6,8,12-15,18H,3-5,7,9-11H2,1-2H3. The Balaban J connectivity index is 1.89. The number of hydrogen-bond donors (Lipinski definition) is 2. The van der Waals surface area contributed by atoms with Crippen LogP contribution in [0.5, 0.6) is 0 Å². The lowest BCUT2D eigenvalue weighted by atomic mass is 10.1. The Bertz CT molecular complexity index is 302. The topological polar surface area (TPSA) is 59.3 Å². The lowest BCUT2D eigenvalue weighted by Gasteiger charge is -2.13. The van der Waals surface area contributed by atoms with Crippen LogP contribution >= 0.6 is 0 Å². The highest BCUT2D eigenvalue weighted by atomic mass is 16.5. The van der Waals surface area contributed by atoms with Gasteiger partial charge in [0.1, 0.15) is 0 Å². The normalized spacial score (nSPS) is 13.1. The van der Waals surface area contributed by atoms with Crippen molar-refractivity contribution in [3.63, 3.8) is 0 Å². The van der Waals surface area contributed by atoms with Gasteiger partial charge in [0, 0.05) is 38.6 Å². The third-order valence-electron chi connectivity index (χ3n) is 2.87. The fourth-order valence-electron chi connectivity index (χ4n) is 1.77. The third kappa shape index (κ3) is 8.75. The van der Waals surface area contributed by atoms with Crippen molar-refractivity contribution in [3.05, 3.63) is 18.7 Å². The number of aliphatic hydroxyl groups is 1. The molecule has 0 aromatic carbocycles. The molecule has 19 heavy (non-hydrogen) atoms. The summed E-state index contributed by atoms with van der Waals surface area (Å²) in [6, 6.07) is 0. The molecule has 1 heterocycles. The van der Waals surface area contributed by atoms with Crippen molar-refractivity contribution in [2.75, 3.05) is 26.3 Å². The largest absolute Gasteiger partial charge is 0.389 e. The van der Waals surface area contributed by atoms with Crippen LogP contribution in [-0.2, 0) is 11.3 Å². The number of rotatable bonds is 11. The summed E-state index contributed by atoms with van der Waals surface area (Å²) in [5.74, 6) is 0.721. The van der Waals surface area contributed by atoms with E-state index in [4.69, 9.17) is 4.74 Å². The fourth-order valence-corrected chi connectivity index (χ4v) is 1.77. The highest BCUT2D eigenvalue weighted by molar-refractivity contribution is 4.74. The average Bonchev–Trinajstić information content (AvgIpc) is 2.87. The van der Waals surface area contributed by atoms with Crippen LogP contribution in [0.15, 0.2) is 18.7 Å². The first kappa shape index (κ1) is 16.1. The summed E-state index contributed by atoms with van der Waals surface area (Å²) in [4.78, 5) is 3.97. The van der Waals surface area contributed by atoms with Gasteiger partial charge in [-0.3, -0.25) is 0 Å². The van der Waals surface area contributed by atoms with Gasteiger partial charge in [0.2, 0.25) is 0 Å². The Labute approximate surface area is 116 Å². The number of aromatic nitrogens is 2. The smallest absolute Gasteiger partial charge is 0.0946 e. The Morgan fingerprint density at radius 3 is 2.95 bits per heavy atom.